The summed E-state index contributed by atoms with van der Waals surface area (Å²) in [6, 6.07) is 5.86. The van der Waals surface area contributed by atoms with Crippen LogP contribution < -0.4 is 10.4 Å². The van der Waals surface area contributed by atoms with E-state index in [0.29, 0.717) is 11.3 Å². The predicted molar refractivity (Wildman–Crippen MR) is 132 cm³/mol. The molecule has 11 heteroatoms. The number of thioether (sulfide) groups is 1. The lowest BCUT2D eigenvalue weighted by Gasteiger charge is -2.29. The molecule has 3 heterocycles. The minimum atomic E-state index is -0.573. The van der Waals surface area contributed by atoms with Gasteiger partial charge in [0.15, 0.2) is 5.82 Å². The van der Waals surface area contributed by atoms with Gasteiger partial charge in [-0.1, -0.05) is 12.2 Å². The molecule has 1 aromatic carbocycles. The van der Waals surface area contributed by atoms with Crippen molar-refractivity contribution in [3.8, 4) is 0 Å². The summed E-state index contributed by atoms with van der Waals surface area (Å²) in [6.45, 7) is 1.55. The van der Waals surface area contributed by atoms with E-state index in [1.54, 1.807) is 36.8 Å². The number of nitrogens with one attached hydrogen (secondary N) is 1. The molecular weight excluding hydrogens is 473 g/mol. The van der Waals surface area contributed by atoms with Crippen molar-refractivity contribution >= 4 is 29.2 Å². The van der Waals surface area contributed by atoms with Gasteiger partial charge in [0.05, 0.1) is 23.3 Å². The number of anilines is 1. The average molecular weight is 500 g/mol. The number of hydrogen-bond donors (Lipinski definition) is 1. The third kappa shape index (κ3) is 6.17. The molecule has 1 N–H and O–H groups in total. The van der Waals surface area contributed by atoms with Crippen LogP contribution in [0, 0.1) is 15.9 Å². The highest BCUT2D eigenvalue weighted by atomic mass is 32.2. The van der Waals surface area contributed by atoms with Crippen molar-refractivity contribution in [3.05, 3.63) is 87.5 Å². The van der Waals surface area contributed by atoms with Crippen molar-refractivity contribution in [2.75, 3.05) is 24.6 Å². The Labute approximate surface area is 206 Å². The SMILES string of the molecule is O=C(NOCC=CCc1cc(N2CCCCC2)c(F)cc1[N+](=O)[O-])N1C=CSC1c1ccncc1. The van der Waals surface area contributed by atoms with Crippen LogP contribution in [-0.4, -0.2) is 40.5 Å². The minimum Gasteiger partial charge on any atom is -0.369 e. The Morgan fingerprint density at radius 3 is 2.77 bits per heavy atom. The number of allylic oxidation sites excluding steroid dienone is 1. The maximum Gasteiger partial charge on any atom is 0.346 e. The second-order valence-corrected chi connectivity index (χ2v) is 9.08. The average Bonchev–Trinajstić information content (AvgIpc) is 3.37. The number of aromatic nitrogens is 1. The third-order valence-corrected chi connectivity index (χ3v) is 6.83. The number of piperidine rings is 1. The molecule has 35 heavy (non-hydrogen) atoms. The van der Waals surface area contributed by atoms with Crippen LogP contribution in [0.3, 0.4) is 0 Å². The molecule has 184 valence electrons. The van der Waals surface area contributed by atoms with E-state index in [-0.39, 0.29) is 24.1 Å². The summed E-state index contributed by atoms with van der Waals surface area (Å²) in [5.74, 6) is -0.573. The molecule has 1 saturated heterocycles. The summed E-state index contributed by atoms with van der Waals surface area (Å²) in [4.78, 5) is 36.1. The number of nitro benzene ring substituents is 1. The summed E-state index contributed by atoms with van der Waals surface area (Å²) in [5, 5.41) is 13.1. The van der Waals surface area contributed by atoms with Crippen molar-refractivity contribution in [3.63, 3.8) is 0 Å². The first kappa shape index (κ1) is 24.7. The van der Waals surface area contributed by atoms with E-state index in [1.165, 1.54) is 16.7 Å². The molecule has 1 aromatic heterocycles. The molecular formula is C24H26FN5O4S. The van der Waals surface area contributed by atoms with Gasteiger partial charge in [-0.05, 0) is 54.9 Å². The zero-order chi connectivity index (χ0) is 24.6. The Morgan fingerprint density at radius 2 is 2.03 bits per heavy atom. The topological polar surface area (TPSA) is 101 Å². The molecule has 2 aliphatic heterocycles. The summed E-state index contributed by atoms with van der Waals surface area (Å²) < 4.78 is 14.6. The highest BCUT2D eigenvalue weighted by molar-refractivity contribution is 8.02. The van der Waals surface area contributed by atoms with E-state index >= 15 is 0 Å². The number of urea groups is 1. The molecule has 0 aliphatic carbocycles. The molecule has 0 radical (unpaired) electrons. The van der Waals surface area contributed by atoms with Crippen LogP contribution in [0.2, 0.25) is 0 Å². The Hall–Kier alpha value is -3.44. The molecule has 0 saturated carbocycles. The fraction of sp³-hybridized carbons (Fsp3) is 0.333. The lowest BCUT2D eigenvalue weighted by molar-refractivity contribution is -0.385. The number of hydroxylamine groups is 1. The number of carbonyl (C=O) groups is 1. The molecule has 9 nitrogen and oxygen atoms in total. The number of nitrogens with zero attached hydrogens (tertiary/aromatic N) is 4. The van der Waals surface area contributed by atoms with Gasteiger partial charge in [0.1, 0.15) is 5.37 Å². The number of hydrogen-bond acceptors (Lipinski definition) is 7. The summed E-state index contributed by atoms with van der Waals surface area (Å²) in [7, 11) is 0. The zero-order valence-corrected chi connectivity index (χ0v) is 19.8. The fourth-order valence-corrected chi connectivity index (χ4v) is 5.01. The van der Waals surface area contributed by atoms with Gasteiger partial charge in [-0.15, -0.1) is 11.8 Å². The van der Waals surface area contributed by atoms with Crippen LogP contribution in [0.5, 0.6) is 0 Å². The molecule has 1 unspecified atom stereocenters. The third-order valence-electron chi connectivity index (χ3n) is 5.79. The number of amides is 2. The maximum atomic E-state index is 14.6. The molecule has 2 amide bonds. The second kappa shape index (κ2) is 11.8. The fourth-order valence-electron chi connectivity index (χ4n) is 4.05. The first-order chi connectivity index (χ1) is 17.0. The van der Waals surface area contributed by atoms with Crippen molar-refractivity contribution in [1.29, 1.82) is 0 Å². The molecule has 1 atom stereocenters. The first-order valence-electron chi connectivity index (χ1n) is 11.3. The lowest BCUT2D eigenvalue weighted by Crippen LogP contribution is -2.36. The van der Waals surface area contributed by atoms with Crippen LogP contribution >= 0.6 is 11.8 Å². The smallest absolute Gasteiger partial charge is 0.346 e. The Kier molecular flexibility index (Phi) is 8.32. The van der Waals surface area contributed by atoms with Gasteiger partial charge in [0.25, 0.3) is 5.69 Å². The van der Waals surface area contributed by atoms with Gasteiger partial charge in [-0.2, -0.15) is 0 Å². The molecule has 0 spiro atoms. The van der Waals surface area contributed by atoms with Crippen LogP contribution in [0.15, 0.2) is 60.4 Å². The number of halogens is 1. The van der Waals surface area contributed by atoms with Gasteiger partial charge in [0, 0.05) is 37.2 Å². The number of nitro groups is 1. The van der Waals surface area contributed by atoms with Crippen molar-refractivity contribution < 1.29 is 18.9 Å². The van der Waals surface area contributed by atoms with Crippen molar-refractivity contribution in [1.82, 2.24) is 15.4 Å². The summed E-state index contributed by atoms with van der Waals surface area (Å²) >= 11 is 1.49. The van der Waals surface area contributed by atoms with E-state index in [0.717, 1.165) is 44.0 Å². The van der Waals surface area contributed by atoms with E-state index in [2.05, 4.69) is 10.5 Å². The molecule has 4 rings (SSSR count). The van der Waals surface area contributed by atoms with Gasteiger partial charge < -0.3 is 4.90 Å². The molecule has 2 aromatic rings. The highest BCUT2D eigenvalue weighted by Crippen LogP contribution is 2.38. The quantitative estimate of drug-likeness (QED) is 0.234. The Bertz CT molecular complexity index is 1110. The van der Waals surface area contributed by atoms with Gasteiger partial charge in [-0.25, -0.2) is 14.7 Å². The predicted octanol–water partition coefficient (Wildman–Crippen LogP) is 5.08. The van der Waals surface area contributed by atoms with Gasteiger partial charge >= 0.3 is 6.03 Å². The monoisotopic (exact) mass is 499 g/mol. The van der Waals surface area contributed by atoms with E-state index in [4.69, 9.17) is 4.84 Å². The van der Waals surface area contributed by atoms with E-state index in [9.17, 15) is 19.3 Å². The number of rotatable bonds is 8. The lowest BCUT2D eigenvalue weighted by atomic mass is 10.0. The highest BCUT2D eigenvalue weighted by Gasteiger charge is 2.27. The largest absolute Gasteiger partial charge is 0.369 e. The van der Waals surface area contributed by atoms with E-state index < -0.39 is 16.8 Å². The summed E-state index contributed by atoms with van der Waals surface area (Å²) in [6.07, 6.45) is 11.7. The summed E-state index contributed by atoms with van der Waals surface area (Å²) in [5.41, 5.74) is 3.93. The van der Waals surface area contributed by atoms with Crippen LogP contribution in [-0.2, 0) is 11.3 Å². The van der Waals surface area contributed by atoms with E-state index in [1.807, 2.05) is 22.4 Å². The number of carbonyl (C=O) groups excluding carboxylic acids is 1. The standard InChI is InChI=1S/C24H26FN5O4S/c25-20-17-21(30(32)33)19(16-22(20)28-11-3-1-4-12-28)6-2-5-14-34-27-24(31)29-13-15-35-23(29)18-7-9-26-10-8-18/h2,5,7-10,13,15-17,23H,1,3-4,6,11-12,14H2,(H,27,31). The second-order valence-electron chi connectivity index (χ2n) is 8.09. The van der Waals surface area contributed by atoms with Crippen LogP contribution in [0.25, 0.3) is 0 Å². The molecule has 1 fully saturated rings. The molecule has 2 aliphatic rings. The van der Waals surface area contributed by atoms with Crippen LogP contribution in [0.1, 0.15) is 35.8 Å². The van der Waals surface area contributed by atoms with Gasteiger partial charge in [-0.3, -0.25) is 24.8 Å². The molecule has 0 bridgehead atoms. The van der Waals surface area contributed by atoms with Crippen molar-refractivity contribution in [2.45, 2.75) is 31.1 Å². The Morgan fingerprint density at radius 1 is 1.26 bits per heavy atom. The van der Waals surface area contributed by atoms with Crippen LogP contribution in [0.4, 0.5) is 20.6 Å². The van der Waals surface area contributed by atoms with Gasteiger partial charge in [0.2, 0.25) is 0 Å². The first-order valence-corrected chi connectivity index (χ1v) is 12.3. The number of benzene rings is 1. The normalized spacial score (nSPS) is 17.8. The maximum absolute atomic E-state index is 14.6. The zero-order valence-electron chi connectivity index (χ0n) is 19.0. The van der Waals surface area contributed by atoms with Crippen molar-refractivity contribution in [2.24, 2.45) is 0 Å². The number of pyridine rings is 1. The Balaban J connectivity index is 1.31. The minimum absolute atomic E-state index is 0.0737.